The van der Waals surface area contributed by atoms with E-state index in [1.54, 1.807) is 19.2 Å². The van der Waals surface area contributed by atoms with Crippen LogP contribution in [-0.2, 0) is 0 Å². The van der Waals surface area contributed by atoms with Crippen molar-refractivity contribution in [2.24, 2.45) is 5.41 Å². The van der Waals surface area contributed by atoms with Gasteiger partial charge in [0.15, 0.2) is 0 Å². The van der Waals surface area contributed by atoms with Crippen molar-refractivity contribution in [2.45, 2.75) is 20.8 Å². The Bertz CT molecular complexity index is 410. The van der Waals surface area contributed by atoms with Gasteiger partial charge < -0.3 is 10.1 Å². The molecule has 0 unspecified atom stereocenters. The van der Waals surface area contributed by atoms with Gasteiger partial charge in [-0.15, -0.1) is 0 Å². The Labute approximate surface area is 111 Å². The van der Waals surface area contributed by atoms with Gasteiger partial charge in [0.25, 0.3) is 5.91 Å². The van der Waals surface area contributed by atoms with Crippen molar-refractivity contribution in [2.75, 3.05) is 13.7 Å². The zero-order chi connectivity index (χ0) is 13.1. The lowest BCUT2D eigenvalue weighted by Crippen LogP contribution is -2.32. The summed E-state index contributed by atoms with van der Waals surface area (Å²) in [6.07, 6.45) is 0. The van der Waals surface area contributed by atoms with Gasteiger partial charge in [-0.3, -0.25) is 4.79 Å². The van der Waals surface area contributed by atoms with E-state index >= 15 is 0 Å². The molecule has 3 nitrogen and oxygen atoms in total. The molecule has 0 aliphatic rings. The fraction of sp³-hybridized carbons (Fsp3) is 0.462. The highest BCUT2D eigenvalue weighted by Crippen LogP contribution is 2.23. The molecule has 1 amide bonds. The number of methoxy groups -OCH3 is 1. The normalized spacial score (nSPS) is 11.1. The molecule has 0 atom stereocenters. The SMILES string of the molecule is COc1cc(Br)ccc1C(=O)NCC(C)(C)C. The van der Waals surface area contributed by atoms with Crippen LogP contribution < -0.4 is 10.1 Å². The van der Waals surface area contributed by atoms with E-state index in [1.807, 2.05) is 6.07 Å². The number of hydrogen-bond donors (Lipinski definition) is 1. The molecule has 1 N–H and O–H groups in total. The summed E-state index contributed by atoms with van der Waals surface area (Å²) in [7, 11) is 1.56. The third-order valence-electron chi connectivity index (χ3n) is 2.19. The van der Waals surface area contributed by atoms with Crippen LogP contribution in [0.5, 0.6) is 5.75 Å². The fourth-order valence-corrected chi connectivity index (χ4v) is 1.63. The maximum Gasteiger partial charge on any atom is 0.255 e. The number of ether oxygens (including phenoxy) is 1. The molecule has 0 spiro atoms. The molecule has 17 heavy (non-hydrogen) atoms. The number of carbonyl (C=O) groups is 1. The highest BCUT2D eigenvalue weighted by Gasteiger charge is 2.16. The highest BCUT2D eigenvalue weighted by molar-refractivity contribution is 9.10. The van der Waals surface area contributed by atoms with Crippen molar-refractivity contribution in [1.29, 1.82) is 0 Å². The highest BCUT2D eigenvalue weighted by atomic mass is 79.9. The molecule has 1 aromatic carbocycles. The van der Waals surface area contributed by atoms with Gasteiger partial charge in [-0.2, -0.15) is 0 Å². The minimum Gasteiger partial charge on any atom is -0.496 e. The largest absolute Gasteiger partial charge is 0.496 e. The van der Waals surface area contributed by atoms with E-state index in [4.69, 9.17) is 4.74 Å². The minimum absolute atomic E-state index is 0.0677. The predicted octanol–water partition coefficient (Wildman–Crippen LogP) is 3.23. The maximum absolute atomic E-state index is 12.0. The topological polar surface area (TPSA) is 38.3 Å². The first kappa shape index (κ1) is 14.0. The second-order valence-electron chi connectivity index (χ2n) is 5.09. The molecule has 0 aliphatic heterocycles. The van der Waals surface area contributed by atoms with E-state index in [0.29, 0.717) is 17.9 Å². The molecule has 1 rings (SSSR count). The lowest BCUT2D eigenvalue weighted by molar-refractivity contribution is 0.0936. The Balaban J connectivity index is 2.82. The number of nitrogens with one attached hydrogen (secondary N) is 1. The summed E-state index contributed by atoms with van der Waals surface area (Å²) in [6, 6.07) is 5.36. The first-order valence-corrected chi connectivity index (χ1v) is 6.24. The van der Waals surface area contributed by atoms with Crippen LogP contribution in [0, 0.1) is 5.41 Å². The van der Waals surface area contributed by atoms with Crippen molar-refractivity contribution < 1.29 is 9.53 Å². The van der Waals surface area contributed by atoms with E-state index in [2.05, 4.69) is 42.0 Å². The molecule has 0 fully saturated rings. The minimum atomic E-state index is -0.107. The summed E-state index contributed by atoms with van der Waals surface area (Å²) in [6.45, 7) is 6.86. The fourth-order valence-electron chi connectivity index (χ4n) is 1.29. The van der Waals surface area contributed by atoms with Crippen LogP contribution in [-0.4, -0.2) is 19.6 Å². The van der Waals surface area contributed by atoms with E-state index in [9.17, 15) is 4.79 Å². The van der Waals surface area contributed by atoms with Crippen LogP contribution in [0.15, 0.2) is 22.7 Å². The van der Waals surface area contributed by atoms with Crippen molar-refractivity contribution in [3.05, 3.63) is 28.2 Å². The van der Waals surface area contributed by atoms with Crippen LogP contribution >= 0.6 is 15.9 Å². The van der Waals surface area contributed by atoms with Crippen LogP contribution in [0.2, 0.25) is 0 Å². The zero-order valence-electron chi connectivity index (χ0n) is 10.6. The zero-order valence-corrected chi connectivity index (χ0v) is 12.2. The molecule has 94 valence electrons. The summed E-state index contributed by atoms with van der Waals surface area (Å²) in [5, 5.41) is 2.90. The standard InChI is InChI=1S/C13H18BrNO2/c1-13(2,3)8-15-12(16)10-6-5-9(14)7-11(10)17-4/h5-7H,8H2,1-4H3,(H,15,16). The van der Waals surface area contributed by atoms with Gasteiger partial charge in [-0.25, -0.2) is 0 Å². The number of halogens is 1. The van der Waals surface area contributed by atoms with Crippen molar-refractivity contribution in [1.82, 2.24) is 5.32 Å². The molecule has 4 heteroatoms. The molecule has 0 saturated heterocycles. The average molecular weight is 300 g/mol. The monoisotopic (exact) mass is 299 g/mol. The predicted molar refractivity (Wildman–Crippen MR) is 72.5 cm³/mol. The van der Waals surface area contributed by atoms with Crippen molar-refractivity contribution >= 4 is 21.8 Å². The quantitative estimate of drug-likeness (QED) is 0.930. The smallest absolute Gasteiger partial charge is 0.255 e. The lowest BCUT2D eigenvalue weighted by Gasteiger charge is -2.19. The summed E-state index contributed by atoms with van der Waals surface area (Å²) in [5.74, 6) is 0.468. The maximum atomic E-state index is 12.0. The van der Waals surface area contributed by atoms with Gasteiger partial charge in [0.05, 0.1) is 12.7 Å². The molecule has 0 saturated carbocycles. The molecular formula is C13H18BrNO2. The Morgan fingerprint density at radius 1 is 1.41 bits per heavy atom. The molecular weight excluding hydrogens is 282 g/mol. The van der Waals surface area contributed by atoms with Crippen LogP contribution in [0.3, 0.4) is 0 Å². The number of rotatable bonds is 3. The molecule has 0 aromatic heterocycles. The van der Waals surface area contributed by atoms with Crippen LogP contribution in [0.1, 0.15) is 31.1 Å². The summed E-state index contributed by atoms with van der Waals surface area (Å²) < 4.78 is 6.08. The third kappa shape index (κ3) is 4.38. The van der Waals surface area contributed by atoms with E-state index in [0.717, 1.165) is 4.47 Å². The van der Waals surface area contributed by atoms with Crippen molar-refractivity contribution in [3.8, 4) is 5.75 Å². The lowest BCUT2D eigenvalue weighted by atomic mass is 9.97. The van der Waals surface area contributed by atoms with Crippen molar-refractivity contribution in [3.63, 3.8) is 0 Å². The van der Waals surface area contributed by atoms with Gasteiger partial charge in [-0.05, 0) is 23.6 Å². The van der Waals surface area contributed by atoms with Crippen LogP contribution in [0.4, 0.5) is 0 Å². The molecule has 0 bridgehead atoms. The summed E-state index contributed by atoms with van der Waals surface area (Å²) in [5.41, 5.74) is 0.623. The first-order valence-electron chi connectivity index (χ1n) is 5.45. The number of benzene rings is 1. The van der Waals surface area contributed by atoms with Gasteiger partial charge in [0.2, 0.25) is 0 Å². The van der Waals surface area contributed by atoms with E-state index < -0.39 is 0 Å². The Morgan fingerprint density at radius 3 is 2.59 bits per heavy atom. The van der Waals surface area contributed by atoms with E-state index in [-0.39, 0.29) is 11.3 Å². The van der Waals surface area contributed by atoms with Gasteiger partial charge in [0, 0.05) is 11.0 Å². The van der Waals surface area contributed by atoms with Gasteiger partial charge in [-0.1, -0.05) is 36.7 Å². The second-order valence-corrected chi connectivity index (χ2v) is 6.00. The average Bonchev–Trinajstić information content (AvgIpc) is 2.24. The molecule has 0 radical (unpaired) electrons. The number of hydrogen-bond acceptors (Lipinski definition) is 2. The first-order chi connectivity index (χ1) is 7.83. The van der Waals surface area contributed by atoms with Gasteiger partial charge in [0.1, 0.15) is 5.75 Å². The molecule has 0 heterocycles. The van der Waals surface area contributed by atoms with Gasteiger partial charge >= 0.3 is 0 Å². The number of amides is 1. The Kier molecular flexibility index (Phi) is 4.57. The Morgan fingerprint density at radius 2 is 2.06 bits per heavy atom. The van der Waals surface area contributed by atoms with Crippen LogP contribution in [0.25, 0.3) is 0 Å². The summed E-state index contributed by atoms with van der Waals surface area (Å²) in [4.78, 5) is 12.0. The molecule has 0 aliphatic carbocycles. The number of carbonyl (C=O) groups excluding carboxylic acids is 1. The second kappa shape index (κ2) is 5.54. The van der Waals surface area contributed by atoms with E-state index in [1.165, 1.54) is 0 Å². The molecule has 1 aromatic rings. The summed E-state index contributed by atoms with van der Waals surface area (Å²) >= 11 is 3.35. The third-order valence-corrected chi connectivity index (χ3v) is 2.68. The Hall–Kier alpha value is -1.03.